The van der Waals surface area contributed by atoms with Crippen molar-refractivity contribution in [1.82, 2.24) is 5.32 Å². The summed E-state index contributed by atoms with van der Waals surface area (Å²) >= 11 is 0. The monoisotopic (exact) mass is 409 g/mol. The molecule has 1 N–H and O–H groups in total. The molecule has 6 nitrogen and oxygen atoms in total. The number of carbonyl (C=O) groups excluding carboxylic acids is 3. The molecule has 0 spiro atoms. The highest BCUT2D eigenvalue weighted by Crippen LogP contribution is 2.10. The van der Waals surface area contributed by atoms with Crippen molar-refractivity contribution in [3.63, 3.8) is 0 Å². The summed E-state index contributed by atoms with van der Waals surface area (Å²) in [5, 5.41) is 2.45. The fourth-order valence-corrected chi connectivity index (χ4v) is 2.49. The first kappa shape index (κ1) is 22.9. The van der Waals surface area contributed by atoms with Crippen molar-refractivity contribution in [1.29, 1.82) is 0 Å². The molecule has 0 radical (unpaired) electrons. The number of hydrogen-bond donors (Lipinski definition) is 1. The molecule has 0 heterocycles. The van der Waals surface area contributed by atoms with Crippen LogP contribution in [-0.4, -0.2) is 29.5 Å². The summed E-state index contributed by atoms with van der Waals surface area (Å²) in [5.74, 6) is -1.03. The molecule has 0 saturated heterocycles. The van der Waals surface area contributed by atoms with Gasteiger partial charge in [0.1, 0.15) is 18.2 Å². The Morgan fingerprint density at radius 3 is 2.17 bits per heavy atom. The van der Waals surface area contributed by atoms with Crippen molar-refractivity contribution >= 4 is 23.9 Å². The zero-order valence-corrected chi connectivity index (χ0v) is 17.5. The van der Waals surface area contributed by atoms with Gasteiger partial charge in [0.15, 0.2) is 5.78 Å². The van der Waals surface area contributed by atoms with Gasteiger partial charge in [-0.3, -0.25) is 4.79 Å². The molecule has 30 heavy (non-hydrogen) atoms. The molecule has 0 fully saturated rings. The lowest BCUT2D eigenvalue weighted by atomic mass is 10.1. The van der Waals surface area contributed by atoms with E-state index in [0.29, 0.717) is 0 Å². The van der Waals surface area contributed by atoms with Crippen LogP contribution in [0.3, 0.4) is 0 Å². The van der Waals surface area contributed by atoms with Crippen LogP contribution in [0.5, 0.6) is 0 Å². The second-order valence-corrected chi connectivity index (χ2v) is 7.71. The molecule has 0 bridgehead atoms. The highest BCUT2D eigenvalue weighted by atomic mass is 16.6. The van der Waals surface area contributed by atoms with Gasteiger partial charge in [0, 0.05) is 6.42 Å². The number of allylic oxidation sites excluding steroid dienone is 1. The van der Waals surface area contributed by atoms with E-state index >= 15 is 0 Å². The molecular weight excluding hydrogens is 382 g/mol. The Morgan fingerprint density at radius 1 is 0.967 bits per heavy atom. The van der Waals surface area contributed by atoms with Crippen molar-refractivity contribution in [2.75, 3.05) is 0 Å². The molecule has 2 aromatic carbocycles. The molecule has 2 aromatic rings. The lowest BCUT2D eigenvalue weighted by Gasteiger charge is -2.22. The second-order valence-electron chi connectivity index (χ2n) is 7.71. The van der Waals surface area contributed by atoms with Crippen LogP contribution < -0.4 is 5.32 Å². The van der Waals surface area contributed by atoms with E-state index < -0.39 is 23.7 Å². The standard InChI is InChI=1S/C24H27NO5/c1-24(2,3)30-23(28)25-21(22(27)29-17-19-12-8-5-9-13-19)16-20(26)15-14-18-10-6-4-7-11-18/h4-15,21H,16-17H2,1-3H3,(H,25,28)/b15-14+/t21-/m0/s1. The van der Waals surface area contributed by atoms with Gasteiger partial charge in [0.2, 0.25) is 0 Å². The third kappa shape index (κ3) is 8.73. The van der Waals surface area contributed by atoms with E-state index in [0.717, 1.165) is 11.1 Å². The van der Waals surface area contributed by atoms with Crippen LogP contribution in [0, 0.1) is 0 Å². The zero-order valence-electron chi connectivity index (χ0n) is 17.5. The van der Waals surface area contributed by atoms with Crippen molar-refractivity contribution in [3.05, 3.63) is 77.9 Å². The fraction of sp³-hybridized carbons (Fsp3) is 0.292. The Hall–Kier alpha value is -3.41. The number of amides is 1. The van der Waals surface area contributed by atoms with Crippen LogP contribution in [0.25, 0.3) is 6.08 Å². The maximum absolute atomic E-state index is 12.6. The molecule has 158 valence electrons. The highest BCUT2D eigenvalue weighted by molar-refractivity contribution is 5.97. The Balaban J connectivity index is 2.03. The average molecular weight is 409 g/mol. The maximum Gasteiger partial charge on any atom is 0.408 e. The van der Waals surface area contributed by atoms with E-state index in [2.05, 4.69) is 5.32 Å². The minimum atomic E-state index is -1.16. The number of rotatable bonds is 8. The molecule has 0 aliphatic heterocycles. The molecule has 0 saturated carbocycles. The molecule has 1 atom stereocenters. The molecule has 0 aromatic heterocycles. The van der Waals surface area contributed by atoms with Gasteiger partial charge in [-0.25, -0.2) is 9.59 Å². The Morgan fingerprint density at radius 2 is 1.57 bits per heavy atom. The minimum absolute atomic E-state index is 0.0419. The Labute approximate surface area is 176 Å². The Bertz CT molecular complexity index is 869. The van der Waals surface area contributed by atoms with Gasteiger partial charge < -0.3 is 14.8 Å². The van der Waals surface area contributed by atoms with Gasteiger partial charge in [-0.1, -0.05) is 66.7 Å². The molecular formula is C24H27NO5. The normalized spacial score (nSPS) is 12.2. The van der Waals surface area contributed by atoms with Crippen LogP contribution in [0.15, 0.2) is 66.7 Å². The predicted octanol–water partition coefficient (Wildman–Crippen LogP) is 4.30. The van der Waals surface area contributed by atoms with Crippen molar-refractivity contribution < 1.29 is 23.9 Å². The highest BCUT2D eigenvalue weighted by Gasteiger charge is 2.27. The summed E-state index contributed by atoms with van der Waals surface area (Å²) < 4.78 is 10.5. The lowest BCUT2D eigenvalue weighted by Crippen LogP contribution is -2.45. The number of hydrogen-bond acceptors (Lipinski definition) is 5. The fourth-order valence-electron chi connectivity index (χ4n) is 2.49. The van der Waals surface area contributed by atoms with Crippen molar-refractivity contribution in [2.24, 2.45) is 0 Å². The molecule has 0 aliphatic carbocycles. The summed E-state index contributed by atoms with van der Waals surface area (Å²) in [7, 11) is 0. The average Bonchev–Trinajstić information content (AvgIpc) is 2.70. The molecule has 0 aliphatic rings. The Kier molecular flexibility index (Phi) is 8.35. The largest absolute Gasteiger partial charge is 0.459 e. The van der Waals surface area contributed by atoms with Gasteiger partial charge in [0.25, 0.3) is 0 Å². The number of carbonyl (C=O) groups is 3. The number of esters is 1. The molecule has 0 unspecified atom stereocenters. The first-order chi connectivity index (χ1) is 14.2. The lowest BCUT2D eigenvalue weighted by molar-refractivity contribution is -0.148. The first-order valence-electron chi connectivity index (χ1n) is 9.69. The van der Waals surface area contributed by atoms with Crippen LogP contribution >= 0.6 is 0 Å². The van der Waals surface area contributed by atoms with Crippen molar-refractivity contribution in [3.8, 4) is 0 Å². The van der Waals surface area contributed by atoms with Gasteiger partial charge in [-0.05, 0) is 38.0 Å². The quantitative estimate of drug-likeness (QED) is 0.519. The van der Waals surface area contributed by atoms with E-state index in [9.17, 15) is 14.4 Å². The van der Waals surface area contributed by atoms with Gasteiger partial charge in [-0.15, -0.1) is 0 Å². The third-order valence-electron chi connectivity index (χ3n) is 3.87. The smallest absolute Gasteiger partial charge is 0.408 e. The van der Waals surface area contributed by atoms with Crippen LogP contribution in [0.4, 0.5) is 4.79 Å². The third-order valence-corrected chi connectivity index (χ3v) is 3.87. The summed E-state index contributed by atoms with van der Waals surface area (Å²) in [6.45, 7) is 5.18. The minimum Gasteiger partial charge on any atom is -0.459 e. The molecule has 6 heteroatoms. The predicted molar refractivity (Wildman–Crippen MR) is 114 cm³/mol. The molecule has 1 amide bonds. The summed E-state index contributed by atoms with van der Waals surface area (Å²) in [5.41, 5.74) is 0.922. The number of ketones is 1. The number of ether oxygens (including phenoxy) is 2. The van der Waals surface area contributed by atoms with E-state index in [-0.39, 0.29) is 18.8 Å². The summed E-state index contributed by atoms with van der Waals surface area (Å²) in [4.78, 5) is 37.1. The van der Waals surface area contributed by atoms with Crippen LogP contribution in [0.2, 0.25) is 0 Å². The van der Waals surface area contributed by atoms with Gasteiger partial charge in [0.05, 0.1) is 0 Å². The summed E-state index contributed by atoms with van der Waals surface area (Å²) in [6.07, 6.45) is 2.01. The van der Waals surface area contributed by atoms with Gasteiger partial charge in [-0.2, -0.15) is 0 Å². The maximum atomic E-state index is 12.6. The topological polar surface area (TPSA) is 81.7 Å². The molecule has 2 rings (SSSR count). The van der Waals surface area contributed by atoms with Crippen molar-refractivity contribution in [2.45, 2.75) is 45.4 Å². The van der Waals surface area contributed by atoms with E-state index in [4.69, 9.17) is 9.47 Å². The van der Waals surface area contributed by atoms with Crippen LogP contribution in [-0.2, 0) is 25.7 Å². The van der Waals surface area contributed by atoms with E-state index in [1.165, 1.54) is 6.08 Å². The second kappa shape index (κ2) is 11.0. The number of alkyl carbamates (subject to hydrolysis) is 1. The SMILES string of the molecule is CC(C)(C)OC(=O)N[C@@H](CC(=O)/C=C/c1ccccc1)C(=O)OCc1ccccc1. The van der Waals surface area contributed by atoms with Crippen LogP contribution in [0.1, 0.15) is 38.3 Å². The van der Waals surface area contributed by atoms with E-state index in [1.54, 1.807) is 26.8 Å². The number of nitrogens with one attached hydrogen (secondary N) is 1. The van der Waals surface area contributed by atoms with E-state index in [1.807, 2.05) is 60.7 Å². The first-order valence-corrected chi connectivity index (χ1v) is 9.69. The van der Waals surface area contributed by atoms with Gasteiger partial charge >= 0.3 is 12.1 Å². The number of benzene rings is 2. The summed E-state index contributed by atoms with van der Waals surface area (Å²) in [6, 6.07) is 17.3. The zero-order chi connectivity index (χ0) is 22.0.